The molecule has 6 nitrogen and oxygen atoms in total. The number of anilines is 2. The molecule has 2 aliphatic heterocycles. The Balaban J connectivity index is 1.78. The summed E-state index contributed by atoms with van der Waals surface area (Å²) in [6.45, 7) is 7.97. The van der Waals surface area contributed by atoms with Crippen LogP contribution in [0.25, 0.3) is 0 Å². The summed E-state index contributed by atoms with van der Waals surface area (Å²) in [4.78, 5) is 33.0. The molecule has 1 amide bonds. The number of hydrogen-bond donors (Lipinski definition) is 0. The SMILES string of the molecule is Cc1cc2c(n1C)C(=O)C(C)c1ccccc1N2C(=O)CN1CCN(C)CC1. The number of rotatable bonds is 2. The predicted molar refractivity (Wildman–Crippen MR) is 110 cm³/mol. The van der Waals surface area contributed by atoms with Crippen LogP contribution in [0.5, 0.6) is 0 Å². The van der Waals surface area contributed by atoms with Gasteiger partial charge in [-0.15, -0.1) is 0 Å². The normalized spacial score (nSPS) is 20.6. The van der Waals surface area contributed by atoms with E-state index in [0.29, 0.717) is 17.9 Å². The summed E-state index contributed by atoms with van der Waals surface area (Å²) in [5.74, 6) is -0.205. The van der Waals surface area contributed by atoms with Crippen molar-refractivity contribution in [3.63, 3.8) is 0 Å². The maximum Gasteiger partial charge on any atom is 0.245 e. The summed E-state index contributed by atoms with van der Waals surface area (Å²) < 4.78 is 1.91. The third kappa shape index (κ3) is 3.06. The molecule has 3 heterocycles. The lowest BCUT2D eigenvalue weighted by molar-refractivity contribution is -0.119. The number of amides is 1. The first-order chi connectivity index (χ1) is 13.4. The van der Waals surface area contributed by atoms with Gasteiger partial charge in [0.15, 0.2) is 5.78 Å². The highest BCUT2D eigenvalue weighted by molar-refractivity contribution is 6.14. The van der Waals surface area contributed by atoms with E-state index in [1.807, 2.05) is 55.8 Å². The van der Waals surface area contributed by atoms with Gasteiger partial charge in [0.1, 0.15) is 5.69 Å². The number of nitrogens with zero attached hydrogens (tertiary/aromatic N) is 4. The minimum Gasteiger partial charge on any atom is -0.344 e. The van der Waals surface area contributed by atoms with Crippen LogP contribution in [0.2, 0.25) is 0 Å². The molecule has 1 saturated heterocycles. The zero-order chi connectivity index (χ0) is 20.0. The monoisotopic (exact) mass is 380 g/mol. The topological polar surface area (TPSA) is 48.8 Å². The third-order valence-corrected chi connectivity index (χ3v) is 6.17. The Morgan fingerprint density at radius 3 is 2.46 bits per heavy atom. The van der Waals surface area contributed by atoms with Gasteiger partial charge in [-0.05, 0) is 31.7 Å². The molecule has 0 bridgehead atoms. The highest BCUT2D eigenvalue weighted by atomic mass is 16.2. The van der Waals surface area contributed by atoms with Crippen molar-refractivity contribution in [2.24, 2.45) is 7.05 Å². The van der Waals surface area contributed by atoms with Crippen LogP contribution in [0.15, 0.2) is 30.3 Å². The minimum absolute atomic E-state index is 0.0192. The van der Waals surface area contributed by atoms with Crippen LogP contribution in [0, 0.1) is 6.92 Å². The van der Waals surface area contributed by atoms with Gasteiger partial charge < -0.3 is 9.47 Å². The van der Waals surface area contributed by atoms with Crippen LogP contribution >= 0.6 is 0 Å². The van der Waals surface area contributed by atoms with E-state index in [1.165, 1.54) is 0 Å². The lowest BCUT2D eigenvalue weighted by Crippen LogP contribution is -2.48. The van der Waals surface area contributed by atoms with E-state index in [0.717, 1.165) is 43.1 Å². The fraction of sp³-hybridized carbons (Fsp3) is 0.455. The first-order valence-electron chi connectivity index (χ1n) is 9.91. The Kier molecular flexibility index (Phi) is 4.85. The van der Waals surface area contributed by atoms with Crippen molar-refractivity contribution in [2.45, 2.75) is 19.8 Å². The molecule has 0 radical (unpaired) electrons. The molecule has 1 aromatic heterocycles. The number of para-hydroxylation sites is 1. The summed E-state index contributed by atoms with van der Waals surface area (Å²) >= 11 is 0. The van der Waals surface area contributed by atoms with Gasteiger partial charge in [0, 0.05) is 44.8 Å². The first kappa shape index (κ1) is 18.9. The Hall–Kier alpha value is -2.44. The van der Waals surface area contributed by atoms with Gasteiger partial charge in [0.25, 0.3) is 0 Å². The molecular formula is C22H28N4O2. The molecular weight excluding hydrogens is 352 g/mol. The van der Waals surface area contributed by atoms with E-state index in [9.17, 15) is 9.59 Å². The molecule has 28 heavy (non-hydrogen) atoms. The lowest BCUT2D eigenvalue weighted by Gasteiger charge is -2.33. The maximum absolute atomic E-state index is 13.5. The third-order valence-electron chi connectivity index (χ3n) is 6.17. The van der Waals surface area contributed by atoms with Crippen molar-refractivity contribution < 1.29 is 9.59 Å². The van der Waals surface area contributed by atoms with Crippen LogP contribution < -0.4 is 4.90 Å². The zero-order valence-electron chi connectivity index (χ0n) is 17.1. The number of ketones is 1. The fourth-order valence-electron chi connectivity index (χ4n) is 4.24. The van der Waals surface area contributed by atoms with Gasteiger partial charge in [-0.25, -0.2) is 0 Å². The Bertz CT molecular complexity index is 925. The van der Waals surface area contributed by atoms with Crippen molar-refractivity contribution in [3.05, 3.63) is 47.3 Å². The van der Waals surface area contributed by atoms with Gasteiger partial charge in [-0.3, -0.25) is 19.4 Å². The molecule has 0 spiro atoms. The molecule has 1 atom stereocenters. The van der Waals surface area contributed by atoms with Gasteiger partial charge in [-0.1, -0.05) is 25.1 Å². The first-order valence-corrected chi connectivity index (χ1v) is 9.91. The van der Waals surface area contributed by atoms with Crippen LogP contribution in [0.1, 0.15) is 34.6 Å². The number of benzene rings is 1. The van der Waals surface area contributed by atoms with Crippen molar-refractivity contribution in [1.82, 2.24) is 14.4 Å². The highest BCUT2D eigenvalue weighted by Crippen LogP contribution is 2.42. The van der Waals surface area contributed by atoms with E-state index < -0.39 is 0 Å². The lowest BCUT2D eigenvalue weighted by atomic mass is 9.94. The summed E-state index contributed by atoms with van der Waals surface area (Å²) in [5.41, 5.74) is 4.04. The molecule has 1 fully saturated rings. The molecule has 148 valence electrons. The number of likely N-dealkylation sites (N-methyl/N-ethyl adjacent to an activating group) is 1. The second-order valence-electron chi connectivity index (χ2n) is 8.03. The quantitative estimate of drug-likeness (QED) is 0.803. The average Bonchev–Trinajstić information content (AvgIpc) is 2.92. The molecule has 6 heteroatoms. The van der Waals surface area contributed by atoms with E-state index in [4.69, 9.17) is 0 Å². The maximum atomic E-state index is 13.5. The molecule has 0 N–H and O–H groups in total. The second-order valence-corrected chi connectivity index (χ2v) is 8.03. The second kappa shape index (κ2) is 7.18. The number of aryl methyl sites for hydroxylation is 1. The Morgan fingerprint density at radius 1 is 1.07 bits per heavy atom. The van der Waals surface area contributed by atoms with Crippen molar-refractivity contribution >= 4 is 23.1 Å². The number of fused-ring (bicyclic) bond motifs is 2. The zero-order valence-corrected chi connectivity index (χ0v) is 17.1. The molecule has 2 aliphatic rings. The standard InChI is InChI=1S/C22H28N4O2/c1-15-13-19-21(24(15)4)22(28)16(2)17-7-5-6-8-18(17)26(19)20(27)14-25-11-9-23(3)10-12-25/h5-8,13,16H,9-12,14H2,1-4H3. The van der Waals surface area contributed by atoms with Crippen LogP contribution in [0.4, 0.5) is 11.4 Å². The van der Waals surface area contributed by atoms with Crippen molar-refractivity contribution in [2.75, 3.05) is 44.7 Å². The Morgan fingerprint density at radius 2 is 1.75 bits per heavy atom. The van der Waals surface area contributed by atoms with Crippen LogP contribution in [-0.4, -0.2) is 65.8 Å². The highest BCUT2D eigenvalue weighted by Gasteiger charge is 2.36. The fourth-order valence-corrected chi connectivity index (χ4v) is 4.24. The predicted octanol–water partition coefficient (Wildman–Crippen LogP) is 2.55. The molecule has 1 unspecified atom stereocenters. The molecule has 0 aliphatic carbocycles. The van der Waals surface area contributed by atoms with E-state index in [2.05, 4.69) is 16.8 Å². The van der Waals surface area contributed by atoms with Gasteiger partial charge in [0.05, 0.1) is 17.9 Å². The van der Waals surface area contributed by atoms with Gasteiger partial charge in [0.2, 0.25) is 5.91 Å². The van der Waals surface area contributed by atoms with Gasteiger partial charge >= 0.3 is 0 Å². The summed E-state index contributed by atoms with van der Waals surface area (Å²) in [7, 11) is 4.01. The summed E-state index contributed by atoms with van der Waals surface area (Å²) in [5, 5.41) is 0. The van der Waals surface area contributed by atoms with E-state index >= 15 is 0 Å². The van der Waals surface area contributed by atoms with E-state index in [-0.39, 0.29) is 17.6 Å². The van der Waals surface area contributed by atoms with Crippen molar-refractivity contribution in [1.29, 1.82) is 0 Å². The minimum atomic E-state index is -0.288. The van der Waals surface area contributed by atoms with E-state index in [1.54, 1.807) is 4.90 Å². The molecule has 2 aromatic rings. The number of carbonyl (C=O) groups is 2. The smallest absolute Gasteiger partial charge is 0.245 e. The number of piperazine rings is 1. The number of Topliss-reactive ketones (excluding diaryl/α,β-unsaturated/α-hetero) is 1. The average molecular weight is 380 g/mol. The van der Waals surface area contributed by atoms with Crippen molar-refractivity contribution in [3.8, 4) is 0 Å². The number of hydrogen-bond acceptors (Lipinski definition) is 4. The van der Waals surface area contributed by atoms with Crippen LogP contribution in [-0.2, 0) is 11.8 Å². The largest absolute Gasteiger partial charge is 0.344 e. The molecule has 1 aromatic carbocycles. The molecule has 0 saturated carbocycles. The summed E-state index contributed by atoms with van der Waals surface area (Å²) in [6.07, 6.45) is 0. The molecule has 4 rings (SSSR count). The van der Waals surface area contributed by atoms with Gasteiger partial charge in [-0.2, -0.15) is 0 Å². The summed E-state index contributed by atoms with van der Waals surface area (Å²) in [6, 6.07) is 9.76. The number of aromatic nitrogens is 1. The Labute approximate surface area is 166 Å². The van der Waals surface area contributed by atoms with Crippen LogP contribution in [0.3, 0.4) is 0 Å². The number of carbonyl (C=O) groups excluding carboxylic acids is 2.